The van der Waals surface area contributed by atoms with Crippen molar-refractivity contribution in [3.8, 4) is 17.2 Å². The van der Waals surface area contributed by atoms with Crippen molar-refractivity contribution in [1.29, 1.82) is 0 Å². The Balaban J connectivity index is 1.63. The molecule has 0 saturated heterocycles. The smallest absolute Gasteiger partial charge is 0.275 e. The summed E-state index contributed by atoms with van der Waals surface area (Å²) in [5, 5.41) is 18.7. The van der Waals surface area contributed by atoms with Gasteiger partial charge in [-0.3, -0.25) is 14.9 Å². The number of ketones is 1. The van der Waals surface area contributed by atoms with Gasteiger partial charge in [-0.15, -0.1) is 0 Å². The topological polar surface area (TPSA) is 112 Å². The third kappa shape index (κ3) is 4.33. The van der Waals surface area contributed by atoms with Crippen LogP contribution in [0.25, 0.3) is 0 Å². The van der Waals surface area contributed by atoms with E-state index in [1.165, 1.54) is 6.07 Å². The predicted octanol–water partition coefficient (Wildman–Crippen LogP) is 5.60. The first-order valence-corrected chi connectivity index (χ1v) is 11.9. The molecule has 0 spiro atoms. The number of hydrogen-bond acceptors (Lipinski definition) is 8. The van der Waals surface area contributed by atoms with Gasteiger partial charge in [0.05, 0.1) is 49.2 Å². The van der Waals surface area contributed by atoms with E-state index in [9.17, 15) is 14.9 Å². The van der Waals surface area contributed by atoms with Crippen molar-refractivity contribution in [2.75, 3.05) is 32.0 Å². The Kier molecular flexibility index (Phi) is 6.43. The van der Waals surface area contributed by atoms with Crippen LogP contribution in [-0.2, 0) is 4.79 Å². The number of benzene rings is 3. The Labute approximate surface area is 214 Å². The van der Waals surface area contributed by atoms with Crippen LogP contribution < -0.4 is 24.8 Å². The minimum absolute atomic E-state index is 0.0363. The summed E-state index contributed by atoms with van der Waals surface area (Å²) in [6, 6.07) is 17.2. The Morgan fingerprint density at radius 2 is 1.54 bits per heavy atom. The molecule has 5 rings (SSSR count). The molecular weight excluding hydrogens is 474 g/mol. The van der Waals surface area contributed by atoms with E-state index in [2.05, 4.69) is 10.6 Å². The lowest BCUT2D eigenvalue weighted by atomic mass is 9.78. The molecule has 37 heavy (non-hydrogen) atoms. The molecule has 0 amide bonds. The maximum Gasteiger partial charge on any atom is 0.275 e. The van der Waals surface area contributed by atoms with Gasteiger partial charge < -0.3 is 24.8 Å². The molecule has 0 saturated carbocycles. The fourth-order valence-electron chi connectivity index (χ4n) is 5.20. The van der Waals surface area contributed by atoms with Gasteiger partial charge in [-0.1, -0.05) is 24.3 Å². The first-order chi connectivity index (χ1) is 17.9. The highest BCUT2D eigenvalue weighted by Crippen LogP contribution is 2.48. The molecule has 190 valence electrons. The Morgan fingerprint density at radius 1 is 0.892 bits per heavy atom. The Bertz CT molecular complexity index is 1390. The number of hydrogen-bond donors (Lipinski definition) is 2. The average molecular weight is 502 g/mol. The number of nitro groups is 1. The van der Waals surface area contributed by atoms with Crippen molar-refractivity contribution in [2.45, 2.75) is 24.8 Å². The third-order valence-corrected chi connectivity index (χ3v) is 6.91. The van der Waals surface area contributed by atoms with Gasteiger partial charge in [0.25, 0.3) is 5.69 Å². The van der Waals surface area contributed by atoms with Gasteiger partial charge in [-0.2, -0.15) is 0 Å². The lowest BCUT2D eigenvalue weighted by Gasteiger charge is -2.30. The molecule has 9 heteroatoms. The van der Waals surface area contributed by atoms with Gasteiger partial charge in [0.15, 0.2) is 17.3 Å². The summed E-state index contributed by atoms with van der Waals surface area (Å²) in [6.45, 7) is 0. The molecule has 0 fully saturated rings. The number of anilines is 2. The number of methoxy groups -OCH3 is 3. The summed E-state index contributed by atoms with van der Waals surface area (Å²) in [5.41, 5.74) is 4.09. The number of rotatable bonds is 6. The van der Waals surface area contributed by atoms with Gasteiger partial charge in [-0.05, 0) is 48.2 Å². The molecule has 0 bridgehead atoms. The quantitative estimate of drug-likeness (QED) is 0.332. The summed E-state index contributed by atoms with van der Waals surface area (Å²) in [4.78, 5) is 25.3. The summed E-state index contributed by atoms with van der Waals surface area (Å²) < 4.78 is 16.5. The van der Waals surface area contributed by atoms with Crippen molar-refractivity contribution in [3.63, 3.8) is 0 Å². The highest BCUT2D eigenvalue weighted by Gasteiger charge is 2.38. The molecule has 1 aliphatic heterocycles. The summed E-state index contributed by atoms with van der Waals surface area (Å²) in [5.74, 6) is 1.27. The molecule has 2 N–H and O–H groups in total. The Hall–Kier alpha value is -4.53. The molecule has 0 unspecified atom stereocenters. The van der Waals surface area contributed by atoms with Crippen molar-refractivity contribution in [2.24, 2.45) is 0 Å². The van der Waals surface area contributed by atoms with Crippen molar-refractivity contribution in [3.05, 3.63) is 93.2 Å². The second-order valence-corrected chi connectivity index (χ2v) is 8.94. The summed E-state index contributed by atoms with van der Waals surface area (Å²) in [7, 11) is 4.66. The number of nitro benzene ring substituents is 1. The number of nitrogens with zero attached hydrogens (tertiary/aromatic N) is 1. The number of nitrogens with one attached hydrogen (secondary N) is 2. The van der Waals surface area contributed by atoms with Crippen LogP contribution in [0.1, 0.15) is 35.9 Å². The van der Waals surface area contributed by atoms with Crippen LogP contribution in [0.3, 0.4) is 0 Å². The van der Waals surface area contributed by atoms with Crippen LogP contribution in [0.2, 0.25) is 0 Å². The fraction of sp³-hybridized carbons (Fsp3) is 0.250. The molecule has 2 atom stereocenters. The highest BCUT2D eigenvalue weighted by molar-refractivity contribution is 6.01. The zero-order valence-electron chi connectivity index (χ0n) is 20.7. The zero-order valence-corrected chi connectivity index (χ0v) is 20.7. The molecule has 2 aliphatic rings. The molecule has 9 nitrogen and oxygen atoms in total. The van der Waals surface area contributed by atoms with Crippen LogP contribution in [0.5, 0.6) is 17.2 Å². The van der Waals surface area contributed by atoms with Crippen LogP contribution in [-0.4, -0.2) is 32.0 Å². The minimum atomic E-state index is -0.680. The molecule has 3 aromatic rings. The van der Waals surface area contributed by atoms with E-state index in [0.29, 0.717) is 34.8 Å². The Morgan fingerprint density at radius 3 is 2.19 bits per heavy atom. The van der Waals surface area contributed by atoms with E-state index < -0.39 is 11.0 Å². The lowest BCUT2D eigenvalue weighted by molar-refractivity contribution is -0.385. The van der Waals surface area contributed by atoms with Crippen LogP contribution in [0.15, 0.2) is 71.9 Å². The maximum atomic E-state index is 13.8. The van der Waals surface area contributed by atoms with E-state index in [1.54, 1.807) is 39.5 Å². The van der Waals surface area contributed by atoms with Crippen molar-refractivity contribution < 1.29 is 23.9 Å². The second kappa shape index (κ2) is 9.85. The molecule has 1 heterocycles. The predicted molar refractivity (Wildman–Crippen MR) is 140 cm³/mol. The molecule has 0 radical (unpaired) electrons. The highest BCUT2D eigenvalue weighted by atomic mass is 16.6. The second-order valence-electron chi connectivity index (χ2n) is 8.94. The van der Waals surface area contributed by atoms with Crippen LogP contribution in [0.4, 0.5) is 17.1 Å². The first kappa shape index (κ1) is 24.2. The summed E-state index contributed by atoms with van der Waals surface area (Å²) in [6.07, 6.45) is 0.751. The fourth-order valence-corrected chi connectivity index (χ4v) is 5.20. The first-order valence-electron chi connectivity index (χ1n) is 11.9. The normalized spacial score (nSPS) is 18.5. The number of allylic oxidation sites excluding steroid dienone is 1. The third-order valence-electron chi connectivity index (χ3n) is 6.91. The summed E-state index contributed by atoms with van der Waals surface area (Å²) >= 11 is 0. The average Bonchev–Trinajstić information content (AvgIpc) is 3.09. The number of Topliss-reactive ketones (excluding diaryl/α,β-unsaturated/α-hetero) is 1. The molecule has 1 aliphatic carbocycles. The zero-order chi connectivity index (χ0) is 26.1. The number of carbonyl (C=O) groups excluding carboxylic acids is 1. The lowest BCUT2D eigenvalue weighted by Crippen LogP contribution is -2.27. The largest absolute Gasteiger partial charge is 0.493 e. The number of ether oxygens (including phenoxy) is 3. The van der Waals surface area contributed by atoms with Gasteiger partial charge in [0, 0.05) is 23.8 Å². The minimum Gasteiger partial charge on any atom is -0.493 e. The number of para-hydroxylation sites is 3. The SMILES string of the molecule is COc1cc([C@@H]2CC(=O)C3=C(C2)Nc2ccccc2N[C@H]3c2ccccc2[N+](=O)[O-])cc(OC)c1OC. The number of carbonyl (C=O) groups is 1. The molecular formula is C28H27N3O6. The van der Waals surface area contributed by atoms with Gasteiger partial charge >= 0.3 is 0 Å². The monoisotopic (exact) mass is 501 g/mol. The van der Waals surface area contributed by atoms with Gasteiger partial charge in [0.1, 0.15) is 0 Å². The number of fused-ring (bicyclic) bond motifs is 1. The van der Waals surface area contributed by atoms with Crippen LogP contribution in [0, 0.1) is 10.1 Å². The van der Waals surface area contributed by atoms with E-state index in [4.69, 9.17) is 14.2 Å². The van der Waals surface area contributed by atoms with E-state index >= 15 is 0 Å². The van der Waals surface area contributed by atoms with E-state index in [-0.39, 0.29) is 23.8 Å². The van der Waals surface area contributed by atoms with Gasteiger partial charge in [-0.25, -0.2) is 0 Å². The molecule has 3 aromatic carbocycles. The van der Waals surface area contributed by atoms with Gasteiger partial charge in [0.2, 0.25) is 5.75 Å². The standard InChI is InChI=1S/C28H27N3O6/c1-35-24-14-17(15-25(36-2)28(24)37-3)16-12-21-26(23(32)13-16)27(18-8-4-7-11-22(18)31(33)34)30-20-10-6-5-9-19(20)29-21/h4-11,14-16,27,29-30H,12-13H2,1-3H3/t16-,27-/m0/s1. The van der Waals surface area contributed by atoms with Crippen LogP contribution >= 0.6 is 0 Å². The van der Waals surface area contributed by atoms with Crippen molar-refractivity contribution >= 4 is 22.8 Å². The van der Waals surface area contributed by atoms with E-state index in [0.717, 1.165) is 22.6 Å². The molecule has 0 aromatic heterocycles. The maximum absolute atomic E-state index is 13.8. The van der Waals surface area contributed by atoms with Crippen molar-refractivity contribution in [1.82, 2.24) is 0 Å². The van der Waals surface area contributed by atoms with E-state index in [1.807, 2.05) is 36.4 Å².